The zero-order valence-corrected chi connectivity index (χ0v) is 14.7. The van der Waals surface area contributed by atoms with Crippen LogP contribution < -0.4 is 4.72 Å². The third-order valence-electron chi connectivity index (χ3n) is 3.77. The van der Waals surface area contributed by atoms with Gasteiger partial charge < -0.3 is 13.9 Å². The zero-order valence-electron chi connectivity index (χ0n) is 13.9. The van der Waals surface area contributed by atoms with Crippen LogP contribution in [0.2, 0.25) is 0 Å². The lowest BCUT2D eigenvalue weighted by Crippen LogP contribution is -2.24. The first-order valence-corrected chi connectivity index (χ1v) is 9.37. The molecule has 1 aliphatic heterocycles. The van der Waals surface area contributed by atoms with Crippen LogP contribution in [0.3, 0.4) is 0 Å². The highest BCUT2D eigenvalue weighted by Crippen LogP contribution is 2.20. The number of furan rings is 1. The highest BCUT2D eigenvalue weighted by molar-refractivity contribution is 7.89. The van der Waals surface area contributed by atoms with Gasteiger partial charge in [-0.1, -0.05) is 6.07 Å². The van der Waals surface area contributed by atoms with Crippen molar-refractivity contribution in [3.63, 3.8) is 0 Å². The van der Waals surface area contributed by atoms with Crippen molar-refractivity contribution in [3.05, 3.63) is 54.0 Å². The molecule has 1 aromatic heterocycles. The minimum absolute atomic E-state index is 0.0180. The number of carbonyl (C=O) groups is 2. The summed E-state index contributed by atoms with van der Waals surface area (Å²) >= 11 is 0. The van der Waals surface area contributed by atoms with E-state index in [0.717, 1.165) is 0 Å². The normalized spacial score (nSPS) is 20.0. The fourth-order valence-corrected chi connectivity index (χ4v) is 3.51. The minimum Gasteiger partial charge on any atom is -0.468 e. The maximum Gasteiger partial charge on any atom is 0.347 e. The molecule has 9 heteroatoms. The maximum atomic E-state index is 12.4. The van der Waals surface area contributed by atoms with Crippen molar-refractivity contribution in [1.82, 2.24) is 4.72 Å². The molecule has 138 valence electrons. The molecule has 1 fully saturated rings. The Morgan fingerprint density at radius 1 is 1.31 bits per heavy atom. The second-order valence-corrected chi connectivity index (χ2v) is 7.58. The van der Waals surface area contributed by atoms with Crippen LogP contribution in [0.5, 0.6) is 0 Å². The van der Waals surface area contributed by atoms with Gasteiger partial charge in [-0.2, -0.15) is 0 Å². The highest BCUT2D eigenvalue weighted by Gasteiger charge is 2.35. The number of sulfonamides is 1. The SMILES string of the molecule is C[C@@H]1C[C@H](OC(=O)c2cccc(S(=O)(=O)NCc3ccco3)c2)C(=O)O1. The lowest BCUT2D eigenvalue weighted by Gasteiger charge is -2.10. The summed E-state index contributed by atoms with van der Waals surface area (Å²) in [7, 11) is -3.85. The summed E-state index contributed by atoms with van der Waals surface area (Å²) < 4.78 is 42.2. The molecule has 1 saturated heterocycles. The molecule has 1 aromatic carbocycles. The first-order chi connectivity index (χ1) is 12.3. The largest absolute Gasteiger partial charge is 0.468 e. The van der Waals surface area contributed by atoms with Gasteiger partial charge in [0, 0.05) is 6.42 Å². The molecule has 0 unspecified atom stereocenters. The Morgan fingerprint density at radius 2 is 2.12 bits per heavy atom. The first kappa shape index (κ1) is 18.2. The molecule has 0 aliphatic carbocycles. The highest BCUT2D eigenvalue weighted by atomic mass is 32.2. The monoisotopic (exact) mass is 379 g/mol. The zero-order chi connectivity index (χ0) is 18.7. The van der Waals surface area contributed by atoms with Crippen molar-refractivity contribution in [2.75, 3.05) is 0 Å². The van der Waals surface area contributed by atoms with E-state index in [9.17, 15) is 18.0 Å². The van der Waals surface area contributed by atoms with E-state index in [-0.39, 0.29) is 29.5 Å². The fraction of sp³-hybridized carbons (Fsp3) is 0.294. The Labute approximate surface area is 150 Å². The summed E-state index contributed by atoms with van der Waals surface area (Å²) in [4.78, 5) is 23.7. The third-order valence-corrected chi connectivity index (χ3v) is 5.17. The standard InChI is InChI=1S/C17H17NO7S/c1-11-8-15(17(20)24-11)25-16(19)12-4-2-6-14(9-12)26(21,22)18-10-13-5-3-7-23-13/h2-7,9,11,15,18H,8,10H2,1H3/t11-,15+/m1/s1. The summed E-state index contributed by atoms with van der Waals surface area (Å²) in [5.41, 5.74) is 0.0261. The van der Waals surface area contributed by atoms with Crippen LogP contribution in [0, 0.1) is 0 Å². The summed E-state index contributed by atoms with van der Waals surface area (Å²) in [6.45, 7) is 1.68. The van der Waals surface area contributed by atoms with Crippen molar-refractivity contribution in [1.29, 1.82) is 0 Å². The van der Waals surface area contributed by atoms with Crippen molar-refractivity contribution in [3.8, 4) is 0 Å². The van der Waals surface area contributed by atoms with Gasteiger partial charge in [0.2, 0.25) is 16.1 Å². The van der Waals surface area contributed by atoms with Gasteiger partial charge >= 0.3 is 11.9 Å². The third kappa shape index (κ3) is 4.12. The molecule has 1 aliphatic rings. The Kier molecular flexibility index (Phi) is 5.10. The van der Waals surface area contributed by atoms with E-state index in [0.29, 0.717) is 5.76 Å². The molecule has 0 amide bonds. The van der Waals surface area contributed by atoms with Crippen molar-refractivity contribution < 1.29 is 31.9 Å². The number of carbonyl (C=O) groups excluding carboxylic acids is 2. The average Bonchev–Trinajstić information content (AvgIpc) is 3.23. The van der Waals surface area contributed by atoms with Gasteiger partial charge in [-0.3, -0.25) is 0 Å². The van der Waals surface area contributed by atoms with E-state index in [1.807, 2.05) is 0 Å². The Morgan fingerprint density at radius 3 is 2.77 bits per heavy atom. The molecular weight excluding hydrogens is 362 g/mol. The number of esters is 2. The van der Waals surface area contributed by atoms with Gasteiger partial charge in [-0.05, 0) is 37.3 Å². The van der Waals surface area contributed by atoms with Gasteiger partial charge in [0.25, 0.3) is 0 Å². The predicted molar refractivity (Wildman–Crippen MR) is 88.6 cm³/mol. The van der Waals surface area contributed by atoms with Crippen LogP contribution in [0.15, 0.2) is 52.0 Å². The summed E-state index contributed by atoms with van der Waals surface area (Å²) in [5.74, 6) is -0.933. The molecule has 0 bridgehead atoms. The van der Waals surface area contributed by atoms with E-state index in [1.165, 1.54) is 30.5 Å². The van der Waals surface area contributed by atoms with E-state index in [2.05, 4.69) is 4.72 Å². The summed E-state index contributed by atoms with van der Waals surface area (Å²) in [6, 6.07) is 8.67. The molecule has 2 atom stereocenters. The van der Waals surface area contributed by atoms with Crippen LogP contribution in [-0.4, -0.2) is 32.6 Å². The van der Waals surface area contributed by atoms with E-state index in [4.69, 9.17) is 13.9 Å². The van der Waals surface area contributed by atoms with E-state index >= 15 is 0 Å². The first-order valence-electron chi connectivity index (χ1n) is 7.89. The fourth-order valence-electron chi connectivity index (χ4n) is 2.47. The molecule has 0 radical (unpaired) electrons. The lowest BCUT2D eigenvalue weighted by atomic mass is 10.2. The molecule has 8 nitrogen and oxygen atoms in total. The molecule has 1 N–H and O–H groups in total. The lowest BCUT2D eigenvalue weighted by molar-refractivity contribution is -0.147. The topological polar surface area (TPSA) is 112 Å². The predicted octanol–water partition coefficient (Wildman–Crippen LogP) is 1.62. The molecule has 26 heavy (non-hydrogen) atoms. The van der Waals surface area contributed by atoms with Gasteiger partial charge in [0.15, 0.2) is 0 Å². The number of hydrogen-bond acceptors (Lipinski definition) is 7. The van der Waals surface area contributed by atoms with E-state index < -0.39 is 28.1 Å². The van der Waals surface area contributed by atoms with Crippen LogP contribution in [0.25, 0.3) is 0 Å². The quantitative estimate of drug-likeness (QED) is 0.759. The van der Waals surface area contributed by atoms with Crippen molar-refractivity contribution >= 4 is 22.0 Å². The number of cyclic esters (lactones) is 1. The Balaban J connectivity index is 1.70. The molecule has 0 spiro atoms. The van der Waals surface area contributed by atoms with Crippen LogP contribution in [-0.2, 0) is 30.8 Å². The molecular formula is C17H17NO7S. The van der Waals surface area contributed by atoms with Crippen LogP contribution in [0.4, 0.5) is 0 Å². The second-order valence-electron chi connectivity index (χ2n) is 5.81. The number of hydrogen-bond donors (Lipinski definition) is 1. The number of ether oxygens (including phenoxy) is 2. The minimum atomic E-state index is -3.85. The summed E-state index contributed by atoms with van der Waals surface area (Å²) in [6.07, 6.45) is 0.412. The number of nitrogens with one attached hydrogen (secondary N) is 1. The summed E-state index contributed by atoms with van der Waals surface area (Å²) in [5, 5.41) is 0. The Bertz CT molecular complexity index is 905. The molecule has 0 saturated carbocycles. The van der Waals surface area contributed by atoms with Gasteiger partial charge in [0.1, 0.15) is 11.9 Å². The molecule has 2 heterocycles. The number of rotatable bonds is 6. The van der Waals surface area contributed by atoms with Gasteiger partial charge in [-0.15, -0.1) is 0 Å². The average molecular weight is 379 g/mol. The van der Waals surface area contributed by atoms with Crippen molar-refractivity contribution in [2.45, 2.75) is 37.0 Å². The van der Waals surface area contributed by atoms with Crippen molar-refractivity contribution in [2.24, 2.45) is 0 Å². The van der Waals surface area contributed by atoms with E-state index in [1.54, 1.807) is 19.1 Å². The van der Waals surface area contributed by atoms with Crippen LogP contribution >= 0.6 is 0 Å². The molecule has 3 rings (SSSR count). The van der Waals surface area contributed by atoms with Crippen LogP contribution in [0.1, 0.15) is 29.5 Å². The van der Waals surface area contributed by atoms with Gasteiger partial charge in [0.05, 0.1) is 23.3 Å². The maximum absolute atomic E-state index is 12.4. The van der Waals surface area contributed by atoms with Gasteiger partial charge in [-0.25, -0.2) is 22.7 Å². The Hall–Kier alpha value is -2.65. The second kappa shape index (κ2) is 7.30. The smallest absolute Gasteiger partial charge is 0.347 e. The number of benzene rings is 1. The molecule has 2 aromatic rings.